The number of aliphatic carboxylic acids is 1. The molecule has 1 aliphatic rings. The van der Waals surface area contributed by atoms with Crippen molar-refractivity contribution >= 4 is 28.9 Å². The van der Waals surface area contributed by atoms with Gasteiger partial charge in [-0.15, -0.1) is 11.3 Å². The minimum absolute atomic E-state index is 0.00197. The summed E-state index contributed by atoms with van der Waals surface area (Å²) in [5, 5.41) is 15.7. The molecule has 0 fully saturated rings. The Morgan fingerprint density at radius 3 is 2.78 bits per heavy atom. The summed E-state index contributed by atoms with van der Waals surface area (Å²) in [5.74, 6) is 0.752. The maximum atomic E-state index is 11.5. The van der Waals surface area contributed by atoms with Crippen molar-refractivity contribution in [1.82, 2.24) is 15.0 Å². The topological polar surface area (TPSA) is 91.2 Å². The number of carboxylic acids is 1. The highest BCUT2D eigenvalue weighted by Crippen LogP contribution is 2.31. The Morgan fingerprint density at radius 2 is 2.03 bits per heavy atom. The Balaban J connectivity index is 1.40. The molecule has 7 nitrogen and oxygen atoms in total. The first-order valence-corrected chi connectivity index (χ1v) is 11.9. The summed E-state index contributed by atoms with van der Waals surface area (Å²) in [6.07, 6.45) is 6.73. The van der Waals surface area contributed by atoms with Gasteiger partial charge in [0.05, 0.1) is 12.1 Å². The van der Waals surface area contributed by atoms with E-state index in [1.165, 1.54) is 23.3 Å². The third kappa shape index (κ3) is 5.43. The Labute approximate surface area is 192 Å². The van der Waals surface area contributed by atoms with Gasteiger partial charge in [0.2, 0.25) is 0 Å². The second-order valence-electron chi connectivity index (χ2n) is 8.37. The zero-order chi connectivity index (χ0) is 22.5. The van der Waals surface area contributed by atoms with Gasteiger partial charge in [-0.05, 0) is 55.4 Å². The summed E-state index contributed by atoms with van der Waals surface area (Å²) < 4.78 is 0. The van der Waals surface area contributed by atoms with Crippen molar-refractivity contribution in [2.45, 2.75) is 44.4 Å². The standard InChI is InChI=1S/C24H29N5O2S/c1-29(2)21-11-9-17(14-26-21)20(13-22(30)31)24-28-19(15-32-24)7-3-6-18-10-8-16-5-4-12-25-23(16)27-18/h8-11,14-15,20H,3-7,12-13H2,1-2H3,(H,25,27)(H,30,31)/t20-/m1/s1. The molecule has 0 amide bonds. The minimum atomic E-state index is -0.837. The molecule has 0 bridgehead atoms. The van der Waals surface area contributed by atoms with Gasteiger partial charge >= 0.3 is 5.97 Å². The smallest absolute Gasteiger partial charge is 0.304 e. The molecular formula is C24H29N5O2S. The van der Waals surface area contributed by atoms with Gasteiger partial charge in [-0.1, -0.05) is 12.1 Å². The average molecular weight is 452 g/mol. The number of thiazole rings is 1. The fourth-order valence-corrected chi connectivity index (χ4v) is 4.93. The number of nitrogens with zero attached hydrogens (tertiary/aromatic N) is 4. The molecule has 0 saturated heterocycles. The van der Waals surface area contributed by atoms with Gasteiger partial charge in [-0.2, -0.15) is 0 Å². The van der Waals surface area contributed by atoms with Crippen LogP contribution >= 0.6 is 11.3 Å². The summed E-state index contributed by atoms with van der Waals surface area (Å²) in [6, 6.07) is 8.19. The molecule has 4 rings (SSSR count). The molecule has 0 aliphatic carbocycles. The lowest BCUT2D eigenvalue weighted by Gasteiger charge is -2.17. The molecule has 2 N–H and O–H groups in total. The van der Waals surface area contributed by atoms with Crippen molar-refractivity contribution in [1.29, 1.82) is 0 Å². The number of rotatable bonds is 9. The molecule has 1 atom stereocenters. The number of aryl methyl sites for hydroxylation is 3. The number of carbonyl (C=O) groups is 1. The number of fused-ring (bicyclic) bond motifs is 1. The van der Waals surface area contributed by atoms with Crippen molar-refractivity contribution < 1.29 is 9.90 Å². The molecule has 8 heteroatoms. The van der Waals surface area contributed by atoms with E-state index in [0.717, 1.165) is 65.8 Å². The van der Waals surface area contributed by atoms with Crippen LogP contribution in [0.4, 0.5) is 11.6 Å². The van der Waals surface area contributed by atoms with E-state index in [1.54, 1.807) is 6.20 Å². The van der Waals surface area contributed by atoms with E-state index < -0.39 is 5.97 Å². The van der Waals surface area contributed by atoms with Crippen LogP contribution in [0.3, 0.4) is 0 Å². The predicted octanol–water partition coefficient (Wildman–Crippen LogP) is 4.14. The maximum Gasteiger partial charge on any atom is 0.304 e. The third-order valence-electron chi connectivity index (χ3n) is 5.70. The van der Waals surface area contributed by atoms with E-state index in [1.807, 2.05) is 36.5 Å². The summed E-state index contributed by atoms with van der Waals surface area (Å²) in [6.45, 7) is 0.996. The van der Waals surface area contributed by atoms with Crippen molar-refractivity contribution in [3.05, 3.63) is 63.4 Å². The first kappa shape index (κ1) is 22.2. The highest BCUT2D eigenvalue weighted by molar-refractivity contribution is 7.09. The quantitative estimate of drug-likeness (QED) is 0.505. The summed E-state index contributed by atoms with van der Waals surface area (Å²) in [4.78, 5) is 27.4. The maximum absolute atomic E-state index is 11.5. The Morgan fingerprint density at radius 1 is 1.19 bits per heavy atom. The lowest BCUT2D eigenvalue weighted by Crippen LogP contribution is -2.14. The molecule has 0 aromatic carbocycles. The van der Waals surface area contributed by atoms with Gasteiger partial charge in [0.15, 0.2) is 0 Å². The minimum Gasteiger partial charge on any atom is -0.481 e. The fraction of sp³-hybridized carbons (Fsp3) is 0.417. The second-order valence-corrected chi connectivity index (χ2v) is 9.26. The molecular weight excluding hydrogens is 422 g/mol. The normalized spacial score (nSPS) is 13.8. The van der Waals surface area contributed by atoms with Gasteiger partial charge in [-0.25, -0.2) is 15.0 Å². The van der Waals surface area contributed by atoms with E-state index in [-0.39, 0.29) is 12.3 Å². The van der Waals surface area contributed by atoms with E-state index in [4.69, 9.17) is 9.97 Å². The van der Waals surface area contributed by atoms with Crippen LogP contribution in [0.2, 0.25) is 0 Å². The molecule has 3 aromatic rings. The lowest BCUT2D eigenvalue weighted by atomic mass is 9.98. The van der Waals surface area contributed by atoms with Crippen LogP contribution in [-0.2, 0) is 24.1 Å². The largest absolute Gasteiger partial charge is 0.481 e. The number of hydrogen-bond acceptors (Lipinski definition) is 7. The monoisotopic (exact) mass is 451 g/mol. The molecule has 0 unspecified atom stereocenters. The SMILES string of the molecule is CN(C)c1ccc([C@@H](CC(=O)O)c2nc(CCCc3ccc4c(n3)NCCC4)cs2)cn1. The van der Waals surface area contributed by atoms with Gasteiger partial charge in [0, 0.05) is 43.8 Å². The number of aromatic nitrogens is 3. The van der Waals surface area contributed by atoms with Crippen LogP contribution in [0.25, 0.3) is 0 Å². The first-order chi connectivity index (χ1) is 15.5. The molecule has 4 heterocycles. The molecule has 1 aliphatic heterocycles. The van der Waals surface area contributed by atoms with Crippen LogP contribution in [0.1, 0.15) is 52.7 Å². The highest BCUT2D eigenvalue weighted by Gasteiger charge is 2.22. The fourth-order valence-electron chi connectivity index (χ4n) is 3.95. The summed E-state index contributed by atoms with van der Waals surface area (Å²) >= 11 is 1.53. The molecule has 168 valence electrons. The third-order valence-corrected chi connectivity index (χ3v) is 6.70. The Kier molecular flexibility index (Phi) is 6.99. The van der Waals surface area contributed by atoms with Crippen molar-refractivity contribution in [3.63, 3.8) is 0 Å². The van der Waals surface area contributed by atoms with Crippen LogP contribution in [0, 0.1) is 0 Å². The number of nitrogens with one attached hydrogen (secondary N) is 1. The van der Waals surface area contributed by atoms with Gasteiger partial charge in [-0.3, -0.25) is 4.79 Å². The number of hydrogen-bond donors (Lipinski definition) is 2. The van der Waals surface area contributed by atoms with Crippen LogP contribution in [-0.4, -0.2) is 46.7 Å². The highest BCUT2D eigenvalue weighted by atomic mass is 32.1. The number of carboxylic acid groups (broad SMARTS) is 1. The van der Waals surface area contributed by atoms with Gasteiger partial charge in [0.25, 0.3) is 0 Å². The zero-order valence-electron chi connectivity index (χ0n) is 18.5. The van der Waals surface area contributed by atoms with Gasteiger partial charge in [0.1, 0.15) is 16.6 Å². The van der Waals surface area contributed by atoms with Crippen LogP contribution in [0.5, 0.6) is 0 Å². The van der Waals surface area contributed by atoms with E-state index >= 15 is 0 Å². The second kappa shape index (κ2) is 10.1. The molecule has 0 spiro atoms. The zero-order valence-corrected chi connectivity index (χ0v) is 19.4. The lowest BCUT2D eigenvalue weighted by molar-refractivity contribution is -0.137. The predicted molar refractivity (Wildman–Crippen MR) is 128 cm³/mol. The van der Waals surface area contributed by atoms with Gasteiger partial charge < -0.3 is 15.3 Å². The first-order valence-electron chi connectivity index (χ1n) is 11.0. The van der Waals surface area contributed by atoms with Crippen molar-refractivity contribution in [3.8, 4) is 0 Å². The van der Waals surface area contributed by atoms with E-state index in [2.05, 4.69) is 22.4 Å². The summed E-state index contributed by atoms with van der Waals surface area (Å²) in [7, 11) is 3.86. The van der Waals surface area contributed by atoms with Crippen LogP contribution < -0.4 is 10.2 Å². The molecule has 0 radical (unpaired) electrons. The molecule has 0 saturated carbocycles. The molecule has 32 heavy (non-hydrogen) atoms. The van der Waals surface area contributed by atoms with E-state index in [0.29, 0.717) is 0 Å². The van der Waals surface area contributed by atoms with E-state index in [9.17, 15) is 9.90 Å². The number of anilines is 2. The van der Waals surface area contributed by atoms with Crippen molar-refractivity contribution in [2.24, 2.45) is 0 Å². The Hall–Kier alpha value is -3.00. The van der Waals surface area contributed by atoms with Crippen LogP contribution in [0.15, 0.2) is 35.8 Å². The van der Waals surface area contributed by atoms with Crippen molar-refractivity contribution in [2.75, 3.05) is 30.9 Å². The molecule has 3 aromatic heterocycles. The number of pyridine rings is 2. The summed E-state index contributed by atoms with van der Waals surface area (Å²) in [5.41, 5.74) is 4.30. The average Bonchev–Trinajstić information content (AvgIpc) is 3.26. The Bertz CT molecular complexity index is 1060.